The molecule has 2 aliphatic heterocycles. The largest absolute Gasteiger partial charge is 0.485 e. The van der Waals surface area contributed by atoms with E-state index in [1.54, 1.807) is 11.9 Å². The van der Waals surface area contributed by atoms with Crippen LogP contribution < -0.4 is 15.0 Å². The van der Waals surface area contributed by atoms with Crippen molar-refractivity contribution in [1.82, 2.24) is 10.2 Å². The van der Waals surface area contributed by atoms with E-state index in [9.17, 15) is 4.79 Å². The van der Waals surface area contributed by atoms with E-state index in [-0.39, 0.29) is 18.2 Å². The summed E-state index contributed by atoms with van der Waals surface area (Å²) >= 11 is 0. The third kappa shape index (κ3) is 4.55. The summed E-state index contributed by atoms with van der Waals surface area (Å²) in [7, 11) is 1.79. The minimum atomic E-state index is -0.125. The minimum absolute atomic E-state index is 0.0557. The zero-order valence-corrected chi connectivity index (χ0v) is 14.9. The lowest BCUT2D eigenvalue weighted by Gasteiger charge is -2.37. The summed E-state index contributed by atoms with van der Waals surface area (Å²) in [5.41, 5.74) is 1.11. The molecule has 7 heteroatoms. The molecule has 2 atom stereocenters. The fraction of sp³-hybridized carbons (Fsp3) is 0.611. The van der Waals surface area contributed by atoms with E-state index >= 15 is 0 Å². The van der Waals surface area contributed by atoms with Gasteiger partial charge in [0, 0.05) is 20.1 Å². The summed E-state index contributed by atoms with van der Waals surface area (Å²) in [5.74, 6) is 0.877. The molecule has 1 aromatic carbocycles. The lowest BCUT2D eigenvalue weighted by Crippen LogP contribution is -2.50. The third-order valence-electron chi connectivity index (χ3n) is 4.50. The molecule has 1 saturated heterocycles. The maximum Gasteiger partial charge on any atom is 0.317 e. The molecule has 1 aromatic rings. The van der Waals surface area contributed by atoms with Crippen molar-refractivity contribution in [3.63, 3.8) is 0 Å². The summed E-state index contributed by atoms with van der Waals surface area (Å²) in [6, 6.07) is 7.90. The fourth-order valence-electron chi connectivity index (χ4n) is 3.15. The number of benzene rings is 1. The van der Waals surface area contributed by atoms with E-state index in [1.165, 1.54) is 0 Å². The molecule has 0 aliphatic carbocycles. The average Bonchev–Trinajstić information content (AvgIpc) is 2.66. The van der Waals surface area contributed by atoms with Crippen molar-refractivity contribution in [1.29, 1.82) is 0 Å². The summed E-state index contributed by atoms with van der Waals surface area (Å²) < 4.78 is 16.9. The van der Waals surface area contributed by atoms with E-state index in [1.807, 2.05) is 18.2 Å². The molecule has 138 valence electrons. The molecule has 3 rings (SSSR count). The first-order valence-electron chi connectivity index (χ1n) is 8.86. The monoisotopic (exact) mass is 349 g/mol. The number of nitrogens with one attached hydrogen (secondary N) is 1. The molecular formula is C18H27N3O4. The summed E-state index contributed by atoms with van der Waals surface area (Å²) in [6.07, 6.45) is -0.126. The van der Waals surface area contributed by atoms with Gasteiger partial charge < -0.3 is 29.3 Å². The van der Waals surface area contributed by atoms with Crippen molar-refractivity contribution in [2.45, 2.75) is 19.1 Å². The summed E-state index contributed by atoms with van der Waals surface area (Å²) in [4.78, 5) is 16.2. The predicted octanol–water partition coefficient (Wildman–Crippen LogP) is 1.33. The number of nitrogens with zero attached hydrogens (tertiary/aromatic N) is 2. The van der Waals surface area contributed by atoms with Gasteiger partial charge in [0.1, 0.15) is 11.9 Å². The number of hydrogen-bond donors (Lipinski definition) is 1. The lowest BCUT2D eigenvalue weighted by atomic mass is 10.2. The van der Waals surface area contributed by atoms with E-state index in [2.05, 4.69) is 23.2 Å². The van der Waals surface area contributed by atoms with Gasteiger partial charge in [-0.1, -0.05) is 12.1 Å². The highest BCUT2D eigenvalue weighted by atomic mass is 16.6. The zero-order chi connectivity index (χ0) is 17.6. The van der Waals surface area contributed by atoms with Gasteiger partial charge in [-0.25, -0.2) is 4.79 Å². The first-order chi connectivity index (χ1) is 12.2. The second-order valence-electron chi connectivity index (χ2n) is 6.38. The second-order valence-corrected chi connectivity index (χ2v) is 6.38. The number of carbonyl (C=O) groups is 1. The van der Waals surface area contributed by atoms with Crippen LogP contribution in [0.5, 0.6) is 5.75 Å². The van der Waals surface area contributed by atoms with E-state index < -0.39 is 0 Å². The number of rotatable bonds is 5. The van der Waals surface area contributed by atoms with Gasteiger partial charge in [-0.3, -0.25) is 0 Å². The maximum atomic E-state index is 12.3. The third-order valence-corrected chi connectivity index (χ3v) is 4.50. The maximum absolute atomic E-state index is 12.3. The molecule has 0 aromatic heterocycles. The summed E-state index contributed by atoms with van der Waals surface area (Å²) in [6.45, 7) is 6.52. The Morgan fingerprint density at radius 1 is 1.32 bits per heavy atom. The van der Waals surface area contributed by atoms with Crippen LogP contribution >= 0.6 is 0 Å². The van der Waals surface area contributed by atoms with E-state index in [0.29, 0.717) is 32.9 Å². The molecule has 2 amide bonds. The zero-order valence-electron chi connectivity index (χ0n) is 14.9. The highest BCUT2D eigenvalue weighted by molar-refractivity contribution is 5.74. The molecule has 0 radical (unpaired) electrons. The number of likely N-dealkylation sites (N-methyl/N-ethyl adjacent to an activating group) is 2. The van der Waals surface area contributed by atoms with Gasteiger partial charge in [0.15, 0.2) is 0 Å². The molecule has 25 heavy (non-hydrogen) atoms. The Balaban J connectivity index is 1.50. The molecule has 0 unspecified atom stereocenters. The molecule has 7 nitrogen and oxygen atoms in total. The topological polar surface area (TPSA) is 63.3 Å². The Bertz CT molecular complexity index is 577. The Kier molecular flexibility index (Phi) is 5.99. The first-order valence-corrected chi connectivity index (χ1v) is 8.86. The molecule has 1 fully saturated rings. The number of para-hydroxylation sites is 2. The van der Waals surface area contributed by atoms with Gasteiger partial charge in [0.05, 0.1) is 44.7 Å². The highest BCUT2D eigenvalue weighted by Gasteiger charge is 2.27. The van der Waals surface area contributed by atoms with Gasteiger partial charge in [0.2, 0.25) is 0 Å². The van der Waals surface area contributed by atoms with Gasteiger partial charge >= 0.3 is 6.03 Å². The first kappa shape index (κ1) is 17.8. The summed E-state index contributed by atoms with van der Waals surface area (Å²) in [5, 5.41) is 2.90. The van der Waals surface area contributed by atoms with Crippen LogP contribution in [0.1, 0.15) is 6.92 Å². The Morgan fingerprint density at radius 3 is 2.92 bits per heavy atom. The minimum Gasteiger partial charge on any atom is -0.485 e. The molecule has 0 saturated carbocycles. The number of urea groups is 1. The van der Waals surface area contributed by atoms with Crippen molar-refractivity contribution in [3.8, 4) is 5.75 Å². The van der Waals surface area contributed by atoms with Crippen LogP contribution in [0.3, 0.4) is 0 Å². The quantitative estimate of drug-likeness (QED) is 0.869. The van der Waals surface area contributed by atoms with Gasteiger partial charge in [0.25, 0.3) is 0 Å². The van der Waals surface area contributed by atoms with Crippen LogP contribution in [0.2, 0.25) is 0 Å². The molecule has 1 N–H and O–H groups in total. The molecule has 2 aliphatic rings. The molecule has 2 heterocycles. The van der Waals surface area contributed by atoms with Crippen LogP contribution in [0.25, 0.3) is 0 Å². The highest BCUT2D eigenvalue weighted by Crippen LogP contribution is 2.32. The lowest BCUT2D eigenvalue weighted by molar-refractivity contribution is -0.0855. The van der Waals surface area contributed by atoms with Crippen LogP contribution in [-0.2, 0) is 9.47 Å². The van der Waals surface area contributed by atoms with Crippen LogP contribution in [0.4, 0.5) is 10.5 Å². The number of anilines is 1. The molecule has 0 bridgehead atoms. The Hall–Kier alpha value is -1.99. The van der Waals surface area contributed by atoms with Crippen molar-refractivity contribution in [2.75, 3.05) is 57.9 Å². The van der Waals surface area contributed by atoms with E-state index in [4.69, 9.17) is 14.2 Å². The van der Waals surface area contributed by atoms with Crippen LogP contribution in [0, 0.1) is 0 Å². The molecule has 0 spiro atoms. The Morgan fingerprint density at radius 2 is 2.16 bits per heavy atom. The molecular weight excluding hydrogens is 322 g/mol. The van der Waals surface area contributed by atoms with Gasteiger partial charge in [-0.2, -0.15) is 0 Å². The van der Waals surface area contributed by atoms with Crippen LogP contribution in [0.15, 0.2) is 24.3 Å². The standard InChI is InChI=1S/C18H27N3O4/c1-3-21-12-15(25-17-7-5-4-6-16(17)21)11-20(2)18(22)19-10-14-13-23-8-9-24-14/h4-7,14-15H,3,8-13H2,1-2H3,(H,19,22)/t14-,15+/m0/s1. The number of amides is 2. The van der Waals surface area contributed by atoms with Crippen molar-refractivity contribution >= 4 is 11.7 Å². The smallest absolute Gasteiger partial charge is 0.317 e. The number of hydrogen-bond acceptors (Lipinski definition) is 5. The fourth-order valence-corrected chi connectivity index (χ4v) is 3.15. The van der Waals surface area contributed by atoms with Gasteiger partial charge in [-0.05, 0) is 19.1 Å². The Labute approximate surface area is 148 Å². The second kappa shape index (κ2) is 8.40. The normalized spacial score (nSPS) is 22.7. The number of ether oxygens (including phenoxy) is 3. The van der Waals surface area contributed by atoms with Crippen molar-refractivity contribution < 1.29 is 19.0 Å². The number of fused-ring (bicyclic) bond motifs is 1. The van der Waals surface area contributed by atoms with Crippen molar-refractivity contribution in [2.24, 2.45) is 0 Å². The van der Waals surface area contributed by atoms with Gasteiger partial charge in [-0.15, -0.1) is 0 Å². The van der Waals surface area contributed by atoms with E-state index in [0.717, 1.165) is 24.5 Å². The average molecular weight is 349 g/mol. The van der Waals surface area contributed by atoms with Crippen LogP contribution in [-0.4, -0.2) is 76.2 Å². The SMILES string of the molecule is CCN1C[C@@H](CN(C)C(=O)NC[C@H]2COCCO2)Oc2ccccc21. The predicted molar refractivity (Wildman–Crippen MR) is 95.3 cm³/mol. The number of carbonyl (C=O) groups excluding carboxylic acids is 1. The van der Waals surface area contributed by atoms with Crippen molar-refractivity contribution in [3.05, 3.63) is 24.3 Å².